The standard InChI is InChI=1S/C11H9FN4O2/c1-6-10(16(17)18)9(15-11(13)14-6)7-3-2-4-8(12)5-7/h2-5H,1H3,(H2,13,14,15). The van der Waals surface area contributed by atoms with E-state index in [4.69, 9.17) is 5.73 Å². The lowest BCUT2D eigenvalue weighted by Gasteiger charge is -2.05. The normalized spacial score (nSPS) is 10.3. The quantitative estimate of drug-likeness (QED) is 0.648. The molecule has 2 aromatic rings. The Morgan fingerprint density at radius 1 is 1.39 bits per heavy atom. The molecule has 1 heterocycles. The molecule has 0 atom stereocenters. The number of rotatable bonds is 2. The summed E-state index contributed by atoms with van der Waals surface area (Å²) < 4.78 is 13.1. The second-order valence-corrected chi connectivity index (χ2v) is 3.63. The predicted molar refractivity (Wildman–Crippen MR) is 63.2 cm³/mol. The fourth-order valence-corrected chi connectivity index (χ4v) is 1.64. The zero-order valence-corrected chi connectivity index (χ0v) is 9.42. The molecule has 7 heteroatoms. The molecule has 0 saturated heterocycles. The number of nitro groups is 1. The van der Waals surface area contributed by atoms with E-state index in [0.717, 1.165) is 6.07 Å². The summed E-state index contributed by atoms with van der Waals surface area (Å²) in [5.41, 5.74) is 5.65. The van der Waals surface area contributed by atoms with E-state index >= 15 is 0 Å². The Morgan fingerprint density at radius 2 is 2.11 bits per heavy atom. The molecule has 1 aromatic heterocycles. The summed E-state index contributed by atoms with van der Waals surface area (Å²) in [6, 6.07) is 5.38. The van der Waals surface area contributed by atoms with Crippen LogP contribution in [0, 0.1) is 22.9 Å². The van der Waals surface area contributed by atoms with Crippen molar-refractivity contribution in [2.45, 2.75) is 6.92 Å². The van der Waals surface area contributed by atoms with E-state index in [1.807, 2.05) is 0 Å². The van der Waals surface area contributed by atoms with Crippen LogP contribution in [0.1, 0.15) is 5.69 Å². The lowest BCUT2D eigenvalue weighted by atomic mass is 10.1. The molecule has 0 aliphatic carbocycles. The summed E-state index contributed by atoms with van der Waals surface area (Å²) in [6.45, 7) is 1.46. The highest BCUT2D eigenvalue weighted by atomic mass is 19.1. The zero-order chi connectivity index (χ0) is 13.3. The molecule has 92 valence electrons. The molecule has 2 rings (SSSR count). The first kappa shape index (κ1) is 11.9. The minimum Gasteiger partial charge on any atom is -0.368 e. The summed E-state index contributed by atoms with van der Waals surface area (Å²) in [7, 11) is 0. The van der Waals surface area contributed by atoms with Crippen LogP contribution in [0.5, 0.6) is 0 Å². The van der Waals surface area contributed by atoms with E-state index in [9.17, 15) is 14.5 Å². The Balaban J connectivity index is 2.73. The summed E-state index contributed by atoms with van der Waals surface area (Å²) in [4.78, 5) is 18.0. The van der Waals surface area contributed by atoms with Crippen LogP contribution in [0.25, 0.3) is 11.3 Å². The molecule has 0 radical (unpaired) electrons. The van der Waals surface area contributed by atoms with Crippen LogP contribution in [-0.2, 0) is 0 Å². The number of anilines is 1. The highest BCUT2D eigenvalue weighted by Crippen LogP contribution is 2.30. The average molecular weight is 248 g/mol. The van der Waals surface area contributed by atoms with Gasteiger partial charge in [0.2, 0.25) is 5.95 Å². The number of nitrogen functional groups attached to an aromatic ring is 1. The lowest BCUT2D eigenvalue weighted by Crippen LogP contribution is -2.04. The number of nitrogens with zero attached hydrogens (tertiary/aromatic N) is 3. The summed E-state index contributed by atoms with van der Waals surface area (Å²) in [5.74, 6) is -0.589. The maximum atomic E-state index is 13.1. The van der Waals surface area contributed by atoms with E-state index in [1.54, 1.807) is 0 Å². The van der Waals surface area contributed by atoms with Gasteiger partial charge in [-0.05, 0) is 19.1 Å². The van der Waals surface area contributed by atoms with E-state index in [0.29, 0.717) is 5.56 Å². The van der Waals surface area contributed by atoms with Gasteiger partial charge in [0.15, 0.2) is 5.69 Å². The van der Waals surface area contributed by atoms with Crippen LogP contribution in [0.2, 0.25) is 0 Å². The monoisotopic (exact) mass is 248 g/mol. The van der Waals surface area contributed by atoms with Crippen LogP contribution in [0.3, 0.4) is 0 Å². The van der Waals surface area contributed by atoms with Gasteiger partial charge in [0.05, 0.1) is 4.92 Å². The largest absolute Gasteiger partial charge is 0.368 e. The third-order valence-electron chi connectivity index (χ3n) is 2.36. The van der Waals surface area contributed by atoms with Crippen molar-refractivity contribution in [3.8, 4) is 11.3 Å². The first-order chi connectivity index (χ1) is 8.49. The van der Waals surface area contributed by atoms with Crippen LogP contribution in [0.15, 0.2) is 24.3 Å². The third kappa shape index (κ3) is 2.10. The molecule has 0 amide bonds. The molecule has 18 heavy (non-hydrogen) atoms. The van der Waals surface area contributed by atoms with Crippen molar-refractivity contribution in [1.82, 2.24) is 9.97 Å². The van der Waals surface area contributed by atoms with E-state index in [-0.39, 0.29) is 23.0 Å². The number of nitrogens with two attached hydrogens (primary N) is 1. The van der Waals surface area contributed by atoms with Crippen molar-refractivity contribution >= 4 is 11.6 Å². The summed E-state index contributed by atoms with van der Waals surface area (Å²) in [6.07, 6.45) is 0. The zero-order valence-electron chi connectivity index (χ0n) is 9.42. The fraction of sp³-hybridized carbons (Fsp3) is 0.0909. The van der Waals surface area contributed by atoms with Gasteiger partial charge in [-0.25, -0.2) is 14.4 Å². The topological polar surface area (TPSA) is 94.9 Å². The highest BCUT2D eigenvalue weighted by Gasteiger charge is 2.22. The molecule has 2 N–H and O–H groups in total. The van der Waals surface area contributed by atoms with E-state index in [1.165, 1.54) is 25.1 Å². The Kier molecular flexibility index (Phi) is 2.88. The lowest BCUT2D eigenvalue weighted by molar-refractivity contribution is -0.385. The maximum absolute atomic E-state index is 13.1. The molecule has 0 aliphatic rings. The number of aryl methyl sites for hydroxylation is 1. The van der Waals surface area contributed by atoms with E-state index in [2.05, 4.69) is 9.97 Å². The molecular weight excluding hydrogens is 239 g/mol. The van der Waals surface area contributed by atoms with Crippen LogP contribution >= 0.6 is 0 Å². The summed E-state index contributed by atoms with van der Waals surface area (Å²) in [5, 5.41) is 11.0. The predicted octanol–water partition coefficient (Wildman–Crippen LogP) is 2.08. The van der Waals surface area contributed by atoms with Gasteiger partial charge in [-0.1, -0.05) is 12.1 Å². The van der Waals surface area contributed by atoms with Gasteiger partial charge in [-0.3, -0.25) is 10.1 Å². The molecule has 0 spiro atoms. The van der Waals surface area contributed by atoms with Gasteiger partial charge in [0.25, 0.3) is 0 Å². The molecule has 6 nitrogen and oxygen atoms in total. The van der Waals surface area contributed by atoms with Gasteiger partial charge >= 0.3 is 5.69 Å². The Labute approximate surface area is 101 Å². The molecule has 0 unspecified atom stereocenters. The van der Waals surface area contributed by atoms with Gasteiger partial charge in [0, 0.05) is 5.56 Å². The SMILES string of the molecule is Cc1nc(N)nc(-c2cccc(F)c2)c1[N+](=O)[O-]. The fourth-order valence-electron chi connectivity index (χ4n) is 1.64. The minimum absolute atomic E-state index is 0.0181. The van der Waals surface area contributed by atoms with Crippen LogP contribution in [-0.4, -0.2) is 14.9 Å². The van der Waals surface area contributed by atoms with Crippen molar-refractivity contribution in [2.24, 2.45) is 0 Å². The molecule has 0 saturated carbocycles. The summed E-state index contributed by atoms with van der Waals surface area (Å²) >= 11 is 0. The second kappa shape index (κ2) is 4.36. The van der Waals surface area contributed by atoms with Crippen LogP contribution < -0.4 is 5.73 Å². The third-order valence-corrected chi connectivity index (χ3v) is 2.36. The Hall–Kier alpha value is -2.57. The molecule has 1 aromatic carbocycles. The number of halogens is 1. The number of benzene rings is 1. The minimum atomic E-state index is -0.602. The molecule has 0 bridgehead atoms. The Bertz CT molecular complexity index is 630. The van der Waals surface area contributed by atoms with Crippen molar-refractivity contribution < 1.29 is 9.31 Å². The highest BCUT2D eigenvalue weighted by molar-refractivity contribution is 5.71. The van der Waals surface area contributed by atoms with Crippen molar-refractivity contribution in [2.75, 3.05) is 5.73 Å². The van der Waals surface area contributed by atoms with Crippen molar-refractivity contribution in [3.63, 3.8) is 0 Å². The first-order valence-electron chi connectivity index (χ1n) is 5.03. The smallest absolute Gasteiger partial charge is 0.316 e. The number of hydrogen-bond acceptors (Lipinski definition) is 5. The average Bonchev–Trinajstić information content (AvgIpc) is 2.27. The van der Waals surface area contributed by atoms with Gasteiger partial charge < -0.3 is 5.73 Å². The van der Waals surface area contributed by atoms with Gasteiger partial charge in [-0.2, -0.15) is 0 Å². The molecule has 0 fully saturated rings. The van der Waals surface area contributed by atoms with Gasteiger partial charge in [-0.15, -0.1) is 0 Å². The van der Waals surface area contributed by atoms with Crippen molar-refractivity contribution in [1.29, 1.82) is 0 Å². The van der Waals surface area contributed by atoms with Gasteiger partial charge in [0.1, 0.15) is 11.5 Å². The Morgan fingerprint density at radius 3 is 2.72 bits per heavy atom. The maximum Gasteiger partial charge on any atom is 0.316 e. The van der Waals surface area contributed by atoms with E-state index < -0.39 is 10.7 Å². The first-order valence-corrected chi connectivity index (χ1v) is 5.03. The van der Waals surface area contributed by atoms with Crippen LogP contribution in [0.4, 0.5) is 16.0 Å². The molecular formula is C11H9FN4O2. The number of hydrogen-bond donors (Lipinski definition) is 1. The second-order valence-electron chi connectivity index (χ2n) is 3.63. The molecule has 0 aliphatic heterocycles. The van der Waals surface area contributed by atoms with Crippen molar-refractivity contribution in [3.05, 3.63) is 45.9 Å². The number of aromatic nitrogens is 2.